The van der Waals surface area contributed by atoms with Crippen LogP contribution in [0.2, 0.25) is 0 Å². The summed E-state index contributed by atoms with van der Waals surface area (Å²) in [6, 6.07) is 6.19. The van der Waals surface area contributed by atoms with Gasteiger partial charge in [-0.15, -0.1) is 0 Å². The third-order valence-electron chi connectivity index (χ3n) is 2.99. The average Bonchev–Trinajstić information content (AvgIpc) is 2.92. The lowest BCUT2D eigenvalue weighted by atomic mass is 10.1. The molecule has 18 heavy (non-hydrogen) atoms. The van der Waals surface area contributed by atoms with Crippen molar-refractivity contribution in [2.75, 3.05) is 12.5 Å². The summed E-state index contributed by atoms with van der Waals surface area (Å²) in [5.41, 5.74) is 7.54. The first-order valence-corrected chi connectivity index (χ1v) is 5.82. The number of rotatable bonds is 3. The molecule has 94 valence electrons. The monoisotopic (exact) mass is 246 g/mol. The van der Waals surface area contributed by atoms with Gasteiger partial charge >= 0.3 is 0 Å². The number of nitrogens with zero attached hydrogens (tertiary/aromatic N) is 1. The molecule has 0 atom stereocenters. The minimum atomic E-state index is 0.230. The SMILES string of the molecule is Cc1nc(N)oc1CCc1ccc2c(c1)OCO2. The number of oxazole rings is 1. The molecule has 0 bridgehead atoms. The van der Waals surface area contributed by atoms with Crippen molar-refractivity contribution in [3.63, 3.8) is 0 Å². The Balaban J connectivity index is 1.72. The molecule has 2 aromatic rings. The molecule has 0 unspecified atom stereocenters. The van der Waals surface area contributed by atoms with Crippen LogP contribution in [-0.4, -0.2) is 11.8 Å². The summed E-state index contributed by atoms with van der Waals surface area (Å²) in [5, 5.41) is 0. The topological polar surface area (TPSA) is 70.5 Å². The highest BCUT2D eigenvalue weighted by molar-refractivity contribution is 5.44. The summed E-state index contributed by atoms with van der Waals surface area (Å²) in [4.78, 5) is 4.05. The summed E-state index contributed by atoms with van der Waals surface area (Å²) < 4.78 is 16.0. The first kappa shape index (κ1) is 11.0. The zero-order valence-electron chi connectivity index (χ0n) is 10.1. The quantitative estimate of drug-likeness (QED) is 0.897. The second-order valence-electron chi connectivity index (χ2n) is 4.25. The number of hydrogen-bond donors (Lipinski definition) is 1. The number of anilines is 1. The maximum atomic E-state index is 5.51. The molecule has 0 fully saturated rings. The van der Waals surface area contributed by atoms with Gasteiger partial charge in [0.05, 0.1) is 5.69 Å². The van der Waals surface area contributed by atoms with Crippen LogP contribution in [0.1, 0.15) is 17.0 Å². The van der Waals surface area contributed by atoms with Crippen LogP contribution < -0.4 is 15.2 Å². The first-order chi connectivity index (χ1) is 8.72. The summed E-state index contributed by atoms with van der Waals surface area (Å²) in [6.07, 6.45) is 1.63. The molecule has 0 saturated heterocycles. The minimum Gasteiger partial charge on any atom is -0.454 e. The summed E-state index contributed by atoms with van der Waals surface area (Å²) >= 11 is 0. The second kappa shape index (κ2) is 4.25. The fraction of sp³-hybridized carbons (Fsp3) is 0.308. The van der Waals surface area contributed by atoms with E-state index in [-0.39, 0.29) is 6.01 Å². The molecule has 0 spiro atoms. The van der Waals surface area contributed by atoms with Gasteiger partial charge in [0.25, 0.3) is 6.01 Å². The van der Waals surface area contributed by atoms with Crippen LogP contribution in [0.4, 0.5) is 6.01 Å². The summed E-state index contributed by atoms with van der Waals surface area (Å²) in [6.45, 7) is 2.20. The molecular formula is C13H14N2O3. The van der Waals surface area contributed by atoms with Gasteiger partial charge in [-0.25, -0.2) is 0 Å². The molecule has 1 aliphatic rings. The lowest BCUT2D eigenvalue weighted by Crippen LogP contribution is -1.93. The molecule has 5 heteroatoms. The van der Waals surface area contributed by atoms with Crippen LogP contribution in [0.3, 0.4) is 0 Å². The molecule has 1 aromatic heterocycles. The van der Waals surface area contributed by atoms with Crippen molar-refractivity contribution < 1.29 is 13.9 Å². The molecular weight excluding hydrogens is 232 g/mol. The number of fused-ring (bicyclic) bond motifs is 1. The van der Waals surface area contributed by atoms with Crippen LogP contribution in [0.15, 0.2) is 22.6 Å². The van der Waals surface area contributed by atoms with Crippen molar-refractivity contribution in [2.24, 2.45) is 0 Å². The van der Waals surface area contributed by atoms with Crippen LogP contribution in [0.25, 0.3) is 0 Å². The van der Waals surface area contributed by atoms with Crippen molar-refractivity contribution in [3.05, 3.63) is 35.2 Å². The van der Waals surface area contributed by atoms with E-state index in [9.17, 15) is 0 Å². The number of aryl methyl sites for hydroxylation is 3. The average molecular weight is 246 g/mol. The fourth-order valence-corrected chi connectivity index (χ4v) is 2.04. The van der Waals surface area contributed by atoms with Crippen molar-refractivity contribution in [1.82, 2.24) is 4.98 Å². The standard InChI is InChI=1S/C13H14N2O3/c1-8-10(18-13(14)15-8)4-2-9-3-5-11-12(6-9)17-7-16-11/h3,5-6H,2,4,7H2,1H3,(H2,14,15). The van der Waals surface area contributed by atoms with E-state index >= 15 is 0 Å². The van der Waals surface area contributed by atoms with E-state index in [1.165, 1.54) is 5.56 Å². The van der Waals surface area contributed by atoms with Gasteiger partial charge in [0.15, 0.2) is 11.5 Å². The number of ether oxygens (including phenoxy) is 2. The normalized spacial score (nSPS) is 12.9. The number of hydrogen-bond acceptors (Lipinski definition) is 5. The van der Waals surface area contributed by atoms with Gasteiger partial charge in [0.1, 0.15) is 5.76 Å². The number of benzene rings is 1. The highest BCUT2D eigenvalue weighted by Crippen LogP contribution is 2.32. The summed E-state index contributed by atoms with van der Waals surface area (Å²) in [5.74, 6) is 2.45. The van der Waals surface area contributed by atoms with Crippen LogP contribution >= 0.6 is 0 Å². The first-order valence-electron chi connectivity index (χ1n) is 5.82. The number of nitrogens with two attached hydrogens (primary N) is 1. The van der Waals surface area contributed by atoms with E-state index in [1.807, 2.05) is 25.1 Å². The van der Waals surface area contributed by atoms with Crippen molar-refractivity contribution in [1.29, 1.82) is 0 Å². The van der Waals surface area contributed by atoms with E-state index in [0.29, 0.717) is 6.79 Å². The fourth-order valence-electron chi connectivity index (χ4n) is 2.04. The molecule has 0 saturated carbocycles. The smallest absolute Gasteiger partial charge is 0.292 e. The van der Waals surface area contributed by atoms with Gasteiger partial charge < -0.3 is 19.6 Å². The Morgan fingerprint density at radius 1 is 1.22 bits per heavy atom. The Bertz CT molecular complexity index is 578. The zero-order valence-corrected chi connectivity index (χ0v) is 10.1. The van der Waals surface area contributed by atoms with Gasteiger partial charge in [0.2, 0.25) is 6.79 Å². The van der Waals surface area contributed by atoms with Gasteiger partial charge in [-0.1, -0.05) is 6.07 Å². The van der Waals surface area contributed by atoms with Gasteiger partial charge in [-0.05, 0) is 31.0 Å². The lowest BCUT2D eigenvalue weighted by molar-refractivity contribution is 0.174. The lowest BCUT2D eigenvalue weighted by Gasteiger charge is -2.02. The third-order valence-corrected chi connectivity index (χ3v) is 2.99. The van der Waals surface area contributed by atoms with Crippen LogP contribution in [-0.2, 0) is 12.8 Å². The summed E-state index contributed by atoms with van der Waals surface area (Å²) in [7, 11) is 0. The molecule has 2 N–H and O–H groups in total. The van der Waals surface area contributed by atoms with Gasteiger partial charge in [-0.2, -0.15) is 4.98 Å². The minimum absolute atomic E-state index is 0.230. The predicted octanol–water partition coefficient (Wildman–Crippen LogP) is 2.08. The van der Waals surface area contributed by atoms with Gasteiger partial charge in [-0.3, -0.25) is 0 Å². The Morgan fingerprint density at radius 3 is 2.83 bits per heavy atom. The van der Waals surface area contributed by atoms with E-state index in [1.54, 1.807) is 0 Å². The molecule has 0 radical (unpaired) electrons. The molecule has 0 amide bonds. The van der Waals surface area contributed by atoms with Crippen LogP contribution in [0.5, 0.6) is 11.5 Å². The maximum absolute atomic E-state index is 5.51. The molecule has 2 heterocycles. The van der Waals surface area contributed by atoms with E-state index in [2.05, 4.69) is 4.98 Å². The predicted molar refractivity (Wildman–Crippen MR) is 65.6 cm³/mol. The molecule has 5 nitrogen and oxygen atoms in total. The molecule has 3 rings (SSSR count). The molecule has 0 aliphatic carbocycles. The Labute approximate surface area is 105 Å². The van der Waals surface area contributed by atoms with Gasteiger partial charge in [0, 0.05) is 6.42 Å². The Morgan fingerprint density at radius 2 is 2.06 bits per heavy atom. The van der Waals surface area contributed by atoms with Crippen LogP contribution in [0, 0.1) is 6.92 Å². The van der Waals surface area contributed by atoms with Crippen molar-refractivity contribution in [3.8, 4) is 11.5 Å². The van der Waals surface area contributed by atoms with E-state index in [4.69, 9.17) is 19.6 Å². The maximum Gasteiger partial charge on any atom is 0.292 e. The third kappa shape index (κ3) is 1.99. The second-order valence-corrected chi connectivity index (χ2v) is 4.25. The number of nitrogen functional groups attached to an aromatic ring is 1. The Kier molecular flexibility index (Phi) is 2.59. The molecule has 1 aromatic carbocycles. The highest BCUT2D eigenvalue weighted by Gasteiger charge is 2.14. The largest absolute Gasteiger partial charge is 0.454 e. The van der Waals surface area contributed by atoms with Crippen molar-refractivity contribution >= 4 is 6.01 Å². The van der Waals surface area contributed by atoms with E-state index in [0.717, 1.165) is 35.8 Å². The Hall–Kier alpha value is -2.17. The van der Waals surface area contributed by atoms with Crippen molar-refractivity contribution in [2.45, 2.75) is 19.8 Å². The molecule has 1 aliphatic heterocycles. The zero-order chi connectivity index (χ0) is 12.5. The highest BCUT2D eigenvalue weighted by atomic mass is 16.7. The number of aromatic nitrogens is 1. The van der Waals surface area contributed by atoms with E-state index < -0.39 is 0 Å².